The zero-order valence-electron chi connectivity index (χ0n) is 16.5. The minimum Gasteiger partial charge on any atom is -0.316 e. The highest BCUT2D eigenvalue weighted by Crippen LogP contribution is 2.29. The van der Waals surface area contributed by atoms with Crippen LogP contribution in [0.3, 0.4) is 0 Å². The Morgan fingerprint density at radius 1 is 1.17 bits per heavy atom. The minimum atomic E-state index is 0.0221. The topological polar surface area (TPSA) is 42.8 Å². The Morgan fingerprint density at radius 2 is 2.07 bits per heavy atom. The molecule has 0 radical (unpaired) electrons. The van der Waals surface area contributed by atoms with Crippen LogP contribution in [0.1, 0.15) is 19.8 Å². The summed E-state index contributed by atoms with van der Waals surface area (Å²) >= 11 is 1.67. The first-order chi connectivity index (χ1) is 14.2. The molecule has 1 aromatic carbocycles. The summed E-state index contributed by atoms with van der Waals surface area (Å²) < 4.78 is 3.76. The second-order valence-electron chi connectivity index (χ2n) is 7.63. The van der Waals surface area contributed by atoms with Gasteiger partial charge in [0.25, 0.3) is 5.56 Å². The number of aryl methyl sites for hydroxylation is 1. The quantitative estimate of drug-likeness (QED) is 0.475. The van der Waals surface area contributed by atoms with Gasteiger partial charge in [0.15, 0.2) is 0 Å². The van der Waals surface area contributed by atoms with Gasteiger partial charge in [-0.15, -0.1) is 0 Å². The van der Waals surface area contributed by atoms with Gasteiger partial charge in [-0.1, -0.05) is 6.07 Å². The van der Waals surface area contributed by atoms with E-state index in [1.165, 1.54) is 25.9 Å². The van der Waals surface area contributed by atoms with Crippen molar-refractivity contribution in [2.75, 3.05) is 13.1 Å². The zero-order chi connectivity index (χ0) is 19.8. The van der Waals surface area contributed by atoms with Gasteiger partial charge >= 0.3 is 0 Å². The zero-order valence-corrected chi connectivity index (χ0v) is 17.3. The normalized spacial score (nSPS) is 19.6. The number of aromatic nitrogens is 3. The molecule has 2 fully saturated rings. The molecule has 2 saturated heterocycles. The highest BCUT2D eigenvalue weighted by atomic mass is 32.1. The maximum absolute atomic E-state index is 12.0. The molecule has 0 aliphatic carbocycles. The van der Waals surface area contributed by atoms with E-state index in [9.17, 15) is 4.79 Å². The van der Waals surface area contributed by atoms with Crippen molar-refractivity contribution < 1.29 is 0 Å². The van der Waals surface area contributed by atoms with Gasteiger partial charge in [0.1, 0.15) is 6.33 Å². The van der Waals surface area contributed by atoms with Crippen LogP contribution in [0.5, 0.6) is 0 Å². The third-order valence-electron chi connectivity index (χ3n) is 5.81. The van der Waals surface area contributed by atoms with Gasteiger partial charge in [-0.25, -0.2) is 4.98 Å². The van der Waals surface area contributed by atoms with Crippen LogP contribution in [0.25, 0.3) is 27.8 Å². The fraction of sp³-hybridized carbons (Fsp3) is 0.304. The first kappa shape index (κ1) is 18.3. The summed E-state index contributed by atoms with van der Waals surface area (Å²) in [4.78, 5) is 19.0. The molecule has 0 amide bonds. The highest BCUT2D eigenvalue weighted by molar-refractivity contribution is 7.08. The average Bonchev–Trinajstić information content (AvgIpc) is 3.20. The molecule has 0 bridgehead atoms. The number of nitrogens with zero attached hydrogens (tertiary/aromatic N) is 4. The summed E-state index contributed by atoms with van der Waals surface area (Å²) in [7, 11) is 0. The van der Waals surface area contributed by atoms with Crippen molar-refractivity contribution in [3.63, 3.8) is 0 Å². The molecule has 148 valence electrons. The lowest BCUT2D eigenvalue weighted by Gasteiger charge is -2.06. The number of hydrogen-bond acceptors (Lipinski definition) is 4. The number of fused-ring (bicyclic) bond motifs is 2. The molecular formula is C23H24N4OS. The van der Waals surface area contributed by atoms with Gasteiger partial charge in [0, 0.05) is 36.8 Å². The highest BCUT2D eigenvalue weighted by Gasteiger charge is 2.37. The van der Waals surface area contributed by atoms with Crippen molar-refractivity contribution in [3.8, 4) is 16.8 Å². The lowest BCUT2D eigenvalue weighted by atomic mass is 10.1. The number of hydrogen-bond donors (Lipinski definition) is 0. The maximum atomic E-state index is 12.0. The van der Waals surface area contributed by atoms with Crippen LogP contribution in [-0.4, -0.2) is 38.1 Å². The van der Waals surface area contributed by atoms with Crippen LogP contribution < -0.4 is 5.56 Å². The molecule has 0 saturated carbocycles. The lowest BCUT2D eigenvalue weighted by Crippen LogP contribution is -2.16. The van der Waals surface area contributed by atoms with E-state index in [1.54, 1.807) is 22.0 Å². The standard InChI is InChI=1S/C18H15N3OS.C5H9N/c1-2-20-7-5-14(10-18(20)22)13-3-4-17-16(9-13)19-12-21(17)15-6-8-23-11-15;1-2-5-4-6(5)3-1/h3-12H,2H2,1H3;5H,1-4H2. The smallest absolute Gasteiger partial charge is 0.251 e. The van der Waals surface area contributed by atoms with Crippen LogP contribution >= 0.6 is 11.3 Å². The number of pyridine rings is 1. The van der Waals surface area contributed by atoms with Crippen molar-refractivity contribution in [1.29, 1.82) is 0 Å². The first-order valence-corrected chi connectivity index (χ1v) is 11.1. The van der Waals surface area contributed by atoms with E-state index >= 15 is 0 Å². The molecule has 3 aromatic heterocycles. The van der Waals surface area contributed by atoms with E-state index in [1.807, 2.05) is 37.6 Å². The fourth-order valence-corrected chi connectivity index (χ4v) is 4.67. The summed E-state index contributed by atoms with van der Waals surface area (Å²) in [6.45, 7) is 5.46. The number of imidazole rings is 1. The Hall–Kier alpha value is -2.70. The summed E-state index contributed by atoms with van der Waals surface area (Å²) in [6, 6.07) is 12.9. The van der Waals surface area contributed by atoms with Crippen molar-refractivity contribution in [1.82, 2.24) is 19.0 Å². The molecule has 2 aliphatic rings. The minimum absolute atomic E-state index is 0.0221. The van der Waals surface area contributed by atoms with Crippen molar-refractivity contribution in [2.24, 2.45) is 0 Å². The van der Waals surface area contributed by atoms with Gasteiger partial charge in [-0.05, 0) is 67.1 Å². The molecule has 6 heteroatoms. The SMILES string of the molecule is C1CC2CN2C1.CCn1ccc(-c2ccc3c(c2)ncn3-c2ccsc2)cc1=O. The second kappa shape index (κ2) is 7.61. The molecule has 5 nitrogen and oxygen atoms in total. The summed E-state index contributed by atoms with van der Waals surface area (Å²) in [5, 5.41) is 4.15. The first-order valence-electron chi connectivity index (χ1n) is 10.2. The number of thiophene rings is 1. The Bertz CT molecular complexity index is 1180. The van der Waals surface area contributed by atoms with E-state index in [-0.39, 0.29) is 5.56 Å². The molecule has 2 atom stereocenters. The third-order valence-corrected chi connectivity index (χ3v) is 6.48. The molecule has 2 aliphatic heterocycles. The monoisotopic (exact) mass is 404 g/mol. The van der Waals surface area contributed by atoms with Crippen molar-refractivity contribution in [3.05, 3.63) is 70.0 Å². The summed E-state index contributed by atoms with van der Waals surface area (Å²) in [5.74, 6) is 0. The van der Waals surface area contributed by atoms with Gasteiger partial charge in [0.2, 0.25) is 0 Å². The lowest BCUT2D eigenvalue weighted by molar-refractivity contribution is 0.593. The third kappa shape index (κ3) is 3.66. The number of rotatable bonds is 3. The van der Waals surface area contributed by atoms with E-state index in [0.717, 1.165) is 33.9 Å². The summed E-state index contributed by atoms with van der Waals surface area (Å²) in [5.41, 5.74) is 5.06. The maximum Gasteiger partial charge on any atom is 0.251 e. The predicted octanol–water partition coefficient (Wildman–Crippen LogP) is 4.40. The Balaban J connectivity index is 0.000000255. The predicted molar refractivity (Wildman–Crippen MR) is 119 cm³/mol. The number of benzene rings is 1. The van der Waals surface area contributed by atoms with Gasteiger partial charge in [-0.3, -0.25) is 14.3 Å². The average molecular weight is 405 g/mol. The van der Waals surface area contributed by atoms with E-state index < -0.39 is 0 Å². The molecule has 5 heterocycles. The molecule has 4 aromatic rings. The van der Waals surface area contributed by atoms with Crippen LogP contribution in [0, 0.1) is 0 Å². The van der Waals surface area contributed by atoms with Gasteiger partial charge in [0.05, 0.1) is 16.7 Å². The Labute approximate surface area is 173 Å². The Kier molecular flexibility index (Phi) is 4.81. The fourth-order valence-electron chi connectivity index (χ4n) is 4.04. The molecule has 0 N–H and O–H groups in total. The van der Waals surface area contributed by atoms with Crippen LogP contribution in [0.4, 0.5) is 0 Å². The summed E-state index contributed by atoms with van der Waals surface area (Å²) in [6.07, 6.45) is 6.63. The second-order valence-corrected chi connectivity index (χ2v) is 8.41. The van der Waals surface area contributed by atoms with Crippen LogP contribution in [-0.2, 0) is 6.54 Å². The van der Waals surface area contributed by atoms with Crippen molar-refractivity contribution >= 4 is 22.4 Å². The Morgan fingerprint density at radius 3 is 2.69 bits per heavy atom. The molecule has 29 heavy (non-hydrogen) atoms. The van der Waals surface area contributed by atoms with E-state index in [4.69, 9.17) is 0 Å². The largest absolute Gasteiger partial charge is 0.316 e. The van der Waals surface area contributed by atoms with Gasteiger partial charge < -0.3 is 4.57 Å². The van der Waals surface area contributed by atoms with Gasteiger partial charge in [-0.2, -0.15) is 11.3 Å². The van der Waals surface area contributed by atoms with Crippen LogP contribution in [0.2, 0.25) is 0 Å². The molecule has 6 rings (SSSR count). The van der Waals surface area contributed by atoms with Crippen LogP contribution in [0.15, 0.2) is 64.5 Å². The van der Waals surface area contributed by atoms with E-state index in [0.29, 0.717) is 6.54 Å². The van der Waals surface area contributed by atoms with E-state index in [2.05, 4.69) is 37.3 Å². The van der Waals surface area contributed by atoms with Crippen molar-refractivity contribution in [2.45, 2.75) is 32.4 Å². The molecule has 2 unspecified atom stereocenters. The number of piperidine rings is 1. The molecule has 0 spiro atoms. The molecular weight excluding hydrogens is 380 g/mol.